The summed E-state index contributed by atoms with van der Waals surface area (Å²) in [6.45, 7) is 4.34. The molecule has 0 aliphatic rings. The van der Waals surface area contributed by atoms with E-state index >= 15 is 0 Å². The molecule has 3 rings (SSSR count). The van der Waals surface area contributed by atoms with Crippen LogP contribution in [0.5, 0.6) is 0 Å². The van der Waals surface area contributed by atoms with Crippen molar-refractivity contribution in [1.82, 2.24) is 0 Å². The molecule has 0 bridgehead atoms. The quantitative estimate of drug-likeness (QED) is 0.445. The van der Waals surface area contributed by atoms with Crippen LogP contribution in [-0.2, 0) is 0 Å². The number of thiophene rings is 2. The Morgan fingerprint density at radius 3 is 1.67 bits per heavy atom. The molecule has 3 aromatic rings. The van der Waals surface area contributed by atoms with E-state index in [1.807, 2.05) is 0 Å². The van der Waals surface area contributed by atoms with Gasteiger partial charge in [-0.2, -0.15) is 22.7 Å². The predicted molar refractivity (Wildman–Crippen MR) is 98.1 cm³/mol. The average Bonchev–Trinajstić information content (AvgIpc) is 3.19. The van der Waals surface area contributed by atoms with E-state index in [2.05, 4.69) is 47.5 Å². The number of furan rings is 1. The second kappa shape index (κ2) is 7.09. The molecule has 0 aromatic carbocycles. The van der Waals surface area contributed by atoms with Crippen LogP contribution in [0.3, 0.4) is 0 Å². The average molecular weight is 353 g/mol. The molecular weight excluding hydrogens is 336 g/mol. The summed E-state index contributed by atoms with van der Waals surface area (Å²) < 4.78 is 6.21. The summed E-state index contributed by atoms with van der Waals surface area (Å²) >= 11 is 7.04. The number of rotatable bonds is 6. The van der Waals surface area contributed by atoms with Crippen LogP contribution in [0.15, 0.2) is 48.3 Å². The molecule has 3 heterocycles. The molecule has 1 nitrogen and oxygen atoms in total. The van der Waals surface area contributed by atoms with Gasteiger partial charge in [0.1, 0.15) is 0 Å². The molecule has 0 saturated heterocycles. The summed E-state index contributed by atoms with van der Waals surface area (Å²) in [5, 5.41) is 10.8. The first-order chi connectivity index (χ1) is 10.3. The van der Waals surface area contributed by atoms with E-state index < -0.39 is 0 Å². The van der Waals surface area contributed by atoms with Crippen LogP contribution in [0, 0.1) is 0 Å². The van der Waals surface area contributed by atoms with Gasteiger partial charge in [0.05, 0.1) is 0 Å². The highest BCUT2D eigenvalue weighted by Gasteiger charge is 2.23. The summed E-state index contributed by atoms with van der Waals surface area (Å²) in [6, 6.07) is 4.37. The summed E-state index contributed by atoms with van der Waals surface area (Å²) in [5.74, 6) is 2.04. The van der Waals surface area contributed by atoms with Gasteiger partial charge in [0.25, 0.3) is 0 Å². The van der Waals surface area contributed by atoms with Crippen molar-refractivity contribution in [2.45, 2.75) is 24.0 Å². The molecule has 0 saturated carbocycles. The Bertz CT molecular complexity index is 622. The minimum absolute atomic E-state index is 1.02. The first kappa shape index (κ1) is 15.3. The summed E-state index contributed by atoms with van der Waals surface area (Å²) in [4.78, 5) is 0. The van der Waals surface area contributed by atoms with Gasteiger partial charge < -0.3 is 4.42 Å². The Labute approximate surface area is 141 Å². The zero-order valence-corrected chi connectivity index (χ0v) is 15.2. The van der Waals surface area contributed by atoms with Gasteiger partial charge in [0, 0.05) is 11.1 Å². The second-order valence-electron chi connectivity index (χ2n) is 4.32. The first-order valence-electron chi connectivity index (χ1n) is 6.82. The summed E-state index contributed by atoms with van der Waals surface area (Å²) in [5.41, 5.74) is 5.06. The van der Waals surface area contributed by atoms with Gasteiger partial charge in [-0.3, -0.25) is 0 Å². The van der Waals surface area contributed by atoms with Crippen molar-refractivity contribution >= 4 is 46.2 Å². The molecule has 0 N–H and O–H groups in total. The van der Waals surface area contributed by atoms with Gasteiger partial charge in [0.2, 0.25) is 0 Å². The van der Waals surface area contributed by atoms with E-state index in [1.165, 1.54) is 22.3 Å². The standard InChI is InChI=1S/C16H16OS4/c1-3-20-15-13(11-5-7-18-9-11)14(12-6-8-19-10-12)16(17-15)21-4-2/h5-10H,3-4H2,1-2H3. The molecule has 0 atom stereocenters. The number of thioether (sulfide) groups is 2. The fourth-order valence-electron chi connectivity index (χ4n) is 2.19. The lowest BCUT2D eigenvalue weighted by molar-refractivity contribution is 0.399. The van der Waals surface area contributed by atoms with Crippen molar-refractivity contribution in [3.63, 3.8) is 0 Å². The van der Waals surface area contributed by atoms with Crippen LogP contribution in [0.2, 0.25) is 0 Å². The van der Waals surface area contributed by atoms with Gasteiger partial charge in [-0.05, 0) is 56.3 Å². The molecule has 5 heteroatoms. The fraction of sp³-hybridized carbons (Fsp3) is 0.250. The Hall–Kier alpha value is -0.620. The van der Waals surface area contributed by atoms with Crippen molar-refractivity contribution in [2.75, 3.05) is 11.5 Å². The van der Waals surface area contributed by atoms with E-state index in [1.54, 1.807) is 46.2 Å². The van der Waals surface area contributed by atoms with E-state index in [9.17, 15) is 0 Å². The third kappa shape index (κ3) is 3.11. The molecule has 0 amide bonds. The lowest BCUT2D eigenvalue weighted by atomic mass is 10.0. The van der Waals surface area contributed by atoms with Crippen LogP contribution in [0.1, 0.15) is 13.8 Å². The minimum atomic E-state index is 1.02. The number of hydrogen-bond donors (Lipinski definition) is 0. The van der Waals surface area contributed by atoms with E-state index in [4.69, 9.17) is 4.42 Å². The lowest BCUT2D eigenvalue weighted by Gasteiger charge is -2.03. The van der Waals surface area contributed by atoms with Gasteiger partial charge in [-0.25, -0.2) is 0 Å². The van der Waals surface area contributed by atoms with Crippen LogP contribution >= 0.6 is 46.2 Å². The van der Waals surface area contributed by atoms with Crippen molar-refractivity contribution in [3.05, 3.63) is 33.7 Å². The molecule has 0 unspecified atom stereocenters. The molecule has 110 valence electrons. The molecular formula is C16H16OS4. The van der Waals surface area contributed by atoms with Gasteiger partial charge in [-0.15, -0.1) is 0 Å². The Balaban J connectivity index is 2.22. The molecule has 0 fully saturated rings. The zero-order valence-electron chi connectivity index (χ0n) is 11.9. The molecule has 0 aliphatic carbocycles. The van der Waals surface area contributed by atoms with E-state index in [-0.39, 0.29) is 0 Å². The van der Waals surface area contributed by atoms with Crippen molar-refractivity contribution in [2.24, 2.45) is 0 Å². The van der Waals surface area contributed by atoms with Gasteiger partial charge >= 0.3 is 0 Å². The summed E-state index contributed by atoms with van der Waals surface area (Å²) in [7, 11) is 0. The smallest absolute Gasteiger partial charge is 0.170 e. The third-order valence-electron chi connectivity index (χ3n) is 3.01. The Morgan fingerprint density at radius 1 is 0.857 bits per heavy atom. The normalized spacial score (nSPS) is 11.1. The minimum Gasteiger partial charge on any atom is -0.442 e. The van der Waals surface area contributed by atoms with Crippen LogP contribution in [0.25, 0.3) is 22.3 Å². The van der Waals surface area contributed by atoms with E-state index in [0.717, 1.165) is 21.7 Å². The van der Waals surface area contributed by atoms with Crippen LogP contribution < -0.4 is 0 Å². The monoisotopic (exact) mass is 352 g/mol. The molecule has 0 spiro atoms. The number of hydrogen-bond acceptors (Lipinski definition) is 5. The molecule has 3 aromatic heterocycles. The zero-order chi connectivity index (χ0) is 14.7. The van der Waals surface area contributed by atoms with Crippen molar-refractivity contribution in [1.29, 1.82) is 0 Å². The SMILES string of the molecule is CCSc1oc(SCC)c(-c2ccsc2)c1-c1ccsc1. The van der Waals surface area contributed by atoms with Crippen LogP contribution in [0.4, 0.5) is 0 Å². The third-order valence-corrected chi connectivity index (χ3v) is 6.06. The van der Waals surface area contributed by atoms with Crippen molar-refractivity contribution < 1.29 is 4.42 Å². The topological polar surface area (TPSA) is 13.1 Å². The van der Waals surface area contributed by atoms with Crippen molar-refractivity contribution in [3.8, 4) is 22.3 Å². The predicted octanol–water partition coefficient (Wildman–Crippen LogP) is 6.96. The molecule has 0 radical (unpaired) electrons. The Kier molecular flexibility index (Phi) is 5.16. The fourth-order valence-corrected chi connectivity index (χ4v) is 5.08. The molecule has 0 aliphatic heterocycles. The Morgan fingerprint density at radius 2 is 1.33 bits per heavy atom. The first-order valence-corrected chi connectivity index (χ1v) is 10.7. The van der Waals surface area contributed by atoms with Gasteiger partial charge in [-0.1, -0.05) is 37.4 Å². The maximum absolute atomic E-state index is 6.21. The van der Waals surface area contributed by atoms with Gasteiger partial charge in [0.15, 0.2) is 10.2 Å². The van der Waals surface area contributed by atoms with E-state index in [0.29, 0.717) is 0 Å². The van der Waals surface area contributed by atoms with Crippen LogP contribution in [-0.4, -0.2) is 11.5 Å². The maximum atomic E-state index is 6.21. The lowest BCUT2D eigenvalue weighted by Crippen LogP contribution is -1.80. The highest BCUT2D eigenvalue weighted by Crippen LogP contribution is 2.48. The largest absolute Gasteiger partial charge is 0.442 e. The highest BCUT2D eigenvalue weighted by molar-refractivity contribution is 8.00. The second-order valence-corrected chi connectivity index (χ2v) is 8.35. The maximum Gasteiger partial charge on any atom is 0.170 e. The summed E-state index contributed by atoms with van der Waals surface area (Å²) in [6.07, 6.45) is 0. The molecule has 21 heavy (non-hydrogen) atoms. The highest BCUT2D eigenvalue weighted by atomic mass is 32.2.